The first kappa shape index (κ1) is 13.3. The molecule has 0 bridgehead atoms. The van der Waals surface area contributed by atoms with Gasteiger partial charge in [0.05, 0.1) is 0 Å². The molecule has 0 N–H and O–H groups in total. The van der Waals surface area contributed by atoms with E-state index in [1.807, 2.05) is 0 Å². The molecule has 0 amide bonds. The lowest BCUT2D eigenvalue weighted by Gasteiger charge is -2.48. The Morgan fingerprint density at radius 3 is 2.50 bits per heavy atom. The van der Waals surface area contributed by atoms with Gasteiger partial charge < -0.3 is 0 Å². The van der Waals surface area contributed by atoms with E-state index in [2.05, 4.69) is 27.7 Å². The van der Waals surface area contributed by atoms with Gasteiger partial charge in [-0.05, 0) is 73.0 Å². The summed E-state index contributed by atoms with van der Waals surface area (Å²) in [5, 5.41) is 0. The number of hydrogen-bond donors (Lipinski definition) is 0. The summed E-state index contributed by atoms with van der Waals surface area (Å²) >= 11 is 0. The molecule has 4 aliphatic rings. The standard InChI is InChI=1S/C19H30O/c1-16(2)10-11-17(3)12-19-8-5-6-14(20)18(19,4)9-7-13(19)15(16)17/h13,15H,5-12H2,1-4H3/t13-,15+,17+,18-,19-/m1/s1. The lowest BCUT2D eigenvalue weighted by molar-refractivity contribution is -0.140. The highest BCUT2D eigenvalue weighted by molar-refractivity contribution is 5.87. The minimum Gasteiger partial charge on any atom is -0.299 e. The lowest BCUT2D eigenvalue weighted by atomic mass is 9.54. The number of ketones is 1. The molecular formula is C19H30O. The van der Waals surface area contributed by atoms with Crippen molar-refractivity contribution in [3.63, 3.8) is 0 Å². The highest BCUT2D eigenvalue weighted by Crippen LogP contribution is 2.79. The van der Waals surface area contributed by atoms with Crippen LogP contribution < -0.4 is 0 Å². The van der Waals surface area contributed by atoms with Crippen molar-refractivity contribution in [3.8, 4) is 0 Å². The number of fused-ring (bicyclic) bond motifs is 2. The summed E-state index contributed by atoms with van der Waals surface area (Å²) in [6.45, 7) is 9.90. The largest absolute Gasteiger partial charge is 0.299 e. The average Bonchev–Trinajstić information content (AvgIpc) is 2.86. The zero-order valence-electron chi connectivity index (χ0n) is 13.7. The Balaban J connectivity index is 1.84. The van der Waals surface area contributed by atoms with E-state index in [-0.39, 0.29) is 5.41 Å². The zero-order valence-corrected chi connectivity index (χ0v) is 13.7. The molecule has 0 aromatic carbocycles. The van der Waals surface area contributed by atoms with Crippen LogP contribution in [0.2, 0.25) is 0 Å². The van der Waals surface area contributed by atoms with Crippen molar-refractivity contribution >= 4 is 5.78 Å². The van der Waals surface area contributed by atoms with Crippen LogP contribution in [0.4, 0.5) is 0 Å². The SMILES string of the molecule is CC1(C)CC[C@@]2(C)C[C@@]34CCCC(=O)[C@@]3(C)CC[C@@H]4[C@@H]12. The average molecular weight is 274 g/mol. The van der Waals surface area contributed by atoms with E-state index in [0.717, 1.165) is 24.7 Å². The maximum atomic E-state index is 12.7. The van der Waals surface area contributed by atoms with Crippen LogP contribution in [0.5, 0.6) is 0 Å². The summed E-state index contributed by atoms with van der Waals surface area (Å²) in [4.78, 5) is 12.7. The molecule has 4 rings (SSSR count). The van der Waals surface area contributed by atoms with Crippen LogP contribution in [0.3, 0.4) is 0 Å². The van der Waals surface area contributed by atoms with Gasteiger partial charge in [-0.2, -0.15) is 0 Å². The molecule has 0 aromatic rings. The second-order valence-corrected chi connectivity index (χ2v) is 9.71. The Kier molecular flexibility index (Phi) is 2.35. The highest BCUT2D eigenvalue weighted by Gasteiger charge is 2.73. The molecule has 0 aliphatic heterocycles. The zero-order chi connectivity index (χ0) is 14.4. The smallest absolute Gasteiger partial charge is 0.139 e. The lowest BCUT2D eigenvalue weighted by Crippen LogP contribution is -2.47. The van der Waals surface area contributed by atoms with E-state index < -0.39 is 0 Å². The minimum absolute atomic E-state index is 0.0271. The van der Waals surface area contributed by atoms with E-state index in [1.54, 1.807) is 0 Å². The van der Waals surface area contributed by atoms with Crippen LogP contribution in [-0.4, -0.2) is 5.78 Å². The first-order valence-corrected chi connectivity index (χ1v) is 8.79. The quantitative estimate of drug-likeness (QED) is 0.608. The van der Waals surface area contributed by atoms with Crippen molar-refractivity contribution in [2.75, 3.05) is 0 Å². The fourth-order valence-corrected chi connectivity index (χ4v) is 7.81. The molecule has 20 heavy (non-hydrogen) atoms. The molecule has 5 atom stereocenters. The molecule has 1 heteroatoms. The van der Waals surface area contributed by atoms with E-state index in [4.69, 9.17) is 0 Å². The fraction of sp³-hybridized carbons (Fsp3) is 0.947. The topological polar surface area (TPSA) is 17.1 Å². The summed E-state index contributed by atoms with van der Waals surface area (Å²) < 4.78 is 0. The molecular weight excluding hydrogens is 244 g/mol. The van der Waals surface area contributed by atoms with E-state index >= 15 is 0 Å². The molecule has 4 fully saturated rings. The summed E-state index contributed by atoms with van der Waals surface area (Å²) in [5.41, 5.74) is 1.42. The number of rotatable bonds is 0. The van der Waals surface area contributed by atoms with E-state index in [9.17, 15) is 4.79 Å². The number of carbonyl (C=O) groups is 1. The van der Waals surface area contributed by atoms with Gasteiger partial charge in [-0.3, -0.25) is 4.79 Å². The maximum Gasteiger partial charge on any atom is 0.139 e. The molecule has 1 spiro atoms. The summed E-state index contributed by atoms with van der Waals surface area (Å²) in [5.74, 6) is 2.30. The Morgan fingerprint density at radius 1 is 1.00 bits per heavy atom. The molecule has 112 valence electrons. The third-order valence-corrected chi connectivity index (χ3v) is 8.46. The van der Waals surface area contributed by atoms with Gasteiger partial charge in [0, 0.05) is 11.8 Å². The van der Waals surface area contributed by atoms with Gasteiger partial charge in [0.2, 0.25) is 0 Å². The fourth-order valence-electron chi connectivity index (χ4n) is 7.81. The Labute approximate surface area is 123 Å². The number of hydrogen-bond acceptors (Lipinski definition) is 1. The highest BCUT2D eigenvalue weighted by atomic mass is 16.1. The molecule has 0 unspecified atom stereocenters. The van der Waals surface area contributed by atoms with Crippen molar-refractivity contribution in [2.24, 2.45) is 33.5 Å². The second-order valence-electron chi connectivity index (χ2n) is 9.71. The molecule has 4 saturated carbocycles. The summed E-state index contributed by atoms with van der Waals surface area (Å²) in [7, 11) is 0. The van der Waals surface area contributed by atoms with Crippen molar-refractivity contribution in [3.05, 3.63) is 0 Å². The molecule has 1 nitrogen and oxygen atoms in total. The third-order valence-electron chi connectivity index (χ3n) is 8.46. The van der Waals surface area contributed by atoms with Crippen LogP contribution in [0, 0.1) is 33.5 Å². The maximum absolute atomic E-state index is 12.7. The van der Waals surface area contributed by atoms with Gasteiger partial charge in [0.25, 0.3) is 0 Å². The van der Waals surface area contributed by atoms with Crippen LogP contribution in [0.15, 0.2) is 0 Å². The van der Waals surface area contributed by atoms with Gasteiger partial charge in [0.15, 0.2) is 0 Å². The van der Waals surface area contributed by atoms with Crippen molar-refractivity contribution in [1.29, 1.82) is 0 Å². The molecule has 4 aliphatic carbocycles. The van der Waals surface area contributed by atoms with Gasteiger partial charge >= 0.3 is 0 Å². The van der Waals surface area contributed by atoms with E-state index in [1.165, 1.54) is 38.5 Å². The molecule has 0 heterocycles. The van der Waals surface area contributed by atoms with Crippen molar-refractivity contribution in [1.82, 2.24) is 0 Å². The Bertz CT molecular complexity index is 478. The van der Waals surface area contributed by atoms with Gasteiger partial charge in [-0.15, -0.1) is 0 Å². The van der Waals surface area contributed by atoms with Crippen LogP contribution in [0.1, 0.15) is 79.1 Å². The predicted octanol–water partition coefficient (Wildman–Crippen LogP) is 4.99. The van der Waals surface area contributed by atoms with Gasteiger partial charge in [0.1, 0.15) is 5.78 Å². The van der Waals surface area contributed by atoms with Crippen LogP contribution in [0.25, 0.3) is 0 Å². The van der Waals surface area contributed by atoms with Gasteiger partial charge in [-0.25, -0.2) is 0 Å². The normalized spacial score (nSPS) is 56.5. The second kappa shape index (κ2) is 3.52. The molecule has 0 aromatic heterocycles. The summed E-state index contributed by atoms with van der Waals surface area (Å²) in [6.07, 6.45) is 10.00. The Hall–Kier alpha value is -0.330. The number of Topliss-reactive ketones (excluding diaryl/α,β-unsaturated/α-hetero) is 1. The van der Waals surface area contributed by atoms with Gasteiger partial charge in [-0.1, -0.05) is 27.7 Å². The first-order valence-electron chi connectivity index (χ1n) is 8.79. The van der Waals surface area contributed by atoms with Crippen molar-refractivity contribution in [2.45, 2.75) is 79.1 Å². The number of carbonyl (C=O) groups excluding carboxylic acids is 1. The Morgan fingerprint density at radius 2 is 1.75 bits per heavy atom. The molecule has 0 saturated heterocycles. The monoisotopic (exact) mass is 274 g/mol. The first-order chi connectivity index (χ1) is 9.25. The minimum atomic E-state index is 0.0271. The third kappa shape index (κ3) is 1.25. The van der Waals surface area contributed by atoms with Crippen LogP contribution >= 0.6 is 0 Å². The molecule has 0 radical (unpaired) electrons. The van der Waals surface area contributed by atoms with Crippen molar-refractivity contribution < 1.29 is 4.79 Å². The van der Waals surface area contributed by atoms with Crippen LogP contribution in [-0.2, 0) is 4.79 Å². The van der Waals surface area contributed by atoms with E-state index in [0.29, 0.717) is 22.0 Å². The summed E-state index contributed by atoms with van der Waals surface area (Å²) in [6, 6.07) is 0. The predicted molar refractivity (Wildman–Crippen MR) is 81.4 cm³/mol.